The van der Waals surface area contributed by atoms with E-state index in [0.717, 1.165) is 12.8 Å². The summed E-state index contributed by atoms with van der Waals surface area (Å²) in [6.45, 7) is 3.78. The first-order valence-electron chi connectivity index (χ1n) is 3.12. The second-order valence-corrected chi connectivity index (χ2v) is 2.19. The number of hydrogen-bond donors (Lipinski definition) is 2. The Morgan fingerprint density at radius 3 is 2.25 bits per heavy atom. The van der Waals surface area contributed by atoms with E-state index in [2.05, 4.69) is 6.92 Å². The van der Waals surface area contributed by atoms with Crippen molar-refractivity contribution in [1.29, 1.82) is 0 Å². The average molecular weight is 117 g/mol. The van der Waals surface area contributed by atoms with E-state index in [4.69, 9.17) is 10.8 Å². The third-order valence-corrected chi connectivity index (χ3v) is 1.24. The van der Waals surface area contributed by atoms with Crippen LogP contribution in [-0.2, 0) is 0 Å². The zero-order valence-corrected chi connectivity index (χ0v) is 5.59. The molecule has 0 unspecified atom stereocenters. The highest BCUT2D eigenvalue weighted by molar-refractivity contribution is 4.65. The van der Waals surface area contributed by atoms with Gasteiger partial charge in [0.05, 0.1) is 6.10 Å². The molecule has 2 atom stereocenters. The predicted octanol–water partition coefficient (Wildman–Crippen LogP) is 0.495. The lowest BCUT2D eigenvalue weighted by molar-refractivity contribution is 0.159. The van der Waals surface area contributed by atoms with Gasteiger partial charge in [-0.25, -0.2) is 0 Å². The molecule has 3 N–H and O–H groups in total. The Morgan fingerprint density at radius 2 is 2.12 bits per heavy atom. The maximum atomic E-state index is 8.83. The summed E-state index contributed by atoms with van der Waals surface area (Å²) >= 11 is 0. The van der Waals surface area contributed by atoms with Gasteiger partial charge in [-0.1, -0.05) is 13.3 Å². The summed E-state index contributed by atoms with van der Waals surface area (Å²) in [6.07, 6.45) is 1.61. The lowest BCUT2D eigenvalue weighted by Crippen LogP contribution is -2.31. The lowest BCUT2D eigenvalue weighted by Gasteiger charge is -2.11. The highest BCUT2D eigenvalue weighted by Gasteiger charge is 2.05. The van der Waals surface area contributed by atoms with Crippen LogP contribution in [0.2, 0.25) is 0 Å². The number of aliphatic hydroxyl groups excluding tert-OH is 1. The van der Waals surface area contributed by atoms with E-state index < -0.39 is 0 Å². The zero-order chi connectivity index (χ0) is 6.57. The fourth-order valence-electron chi connectivity index (χ4n) is 0.575. The molecule has 0 fully saturated rings. The molecule has 0 saturated carbocycles. The van der Waals surface area contributed by atoms with Crippen molar-refractivity contribution in [2.75, 3.05) is 0 Å². The molecule has 0 saturated heterocycles. The van der Waals surface area contributed by atoms with E-state index in [1.165, 1.54) is 0 Å². The van der Waals surface area contributed by atoms with Gasteiger partial charge in [-0.2, -0.15) is 0 Å². The fraction of sp³-hybridized carbons (Fsp3) is 1.00. The molecule has 2 nitrogen and oxygen atoms in total. The van der Waals surface area contributed by atoms with Crippen LogP contribution >= 0.6 is 0 Å². The van der Waals surface area contributed by atoms with Crippen LogP contribution in [0, 0.1) is 0 Å². The molecule has 50 valence electrons. The molecule has 0 aromatic rings. The van der Waals surface area contributed by atoms with Gasteiger partial charge in [-0.3, -0.25) is 0 Å². The van der Waals surface area contributed by atoms with Gasteiger partial charge in [0, 0.05) is 6.04 Å². The van der Waals surface area contributed by atoms with Gasteiger partial charge >= 0.3 is 0 Å². The minimum absolute atomic E-state index is 0.0278. The molecule has 2 heteroatoms. The van der Waals surface area contributed by atoms with Gasteiger partial charge in [-0.05, 0) is 13.3 Å². The van der Waals surface area contributed by atoms with Crippen LogP contribution in [0.5, 0.6) is 0 Å². The van der Waals surface area contributed by atoms with E-state index in [1.807, 2.05) is 0 Å². The maximum Gasteiger partial charge on any atom is 0.0662 e. The normalized spacial score (nSPS) is 18.0. The van der Waals surface area contributed by atoms with Crippen molar-refractivity contribution >= 4 is 0 Å². The molecule has 0 heterocycles. The third kappa shape index (κ3) is 2.99. The summed E-state index contributed by atoms with van der Waals surface area (Å²) in [6, 6.07) is -0.0278. The van der Waals surface area contributed by atoms with E-state index in [-0.39, 0.29) is 12.1 Å². The Hall–Kier alpha value is -0.0800. The van der Waals surface area contributed by atoms with Crippen molar-refractivity contribution in [3.8, 4) is 0 Å². The highest BCUT2D eigenvalue weighted by Crippen LogP contribution is 1.96. The second-order valence-electron chi connectivity index (χ2n) is 2.19. The smallest absolute Gasteiger partial charge is 0.0662 e. The molecule has 0 amide bonds. The largest absolute Gasteiger partial charge is 0.392 e. The van der Waals surface area contributed by atoms with E-state index >= 15 is 0 Å². The van der Waals surface area contributed by atoms with Crippen molar-refractivity contribution in [3.05, 3.63) is 0 Å². The SMILES string of the molecule is CCC[C@@H](N)[C@H](C)O. The molecule has 0 aliphatic rings. The van der Waals surface area contributed by atoms with Gasteiger partial charge in [0.25, 0.3) is 0 Å². The Morgan fingerprint density at radius 1 is 1.62 bits per heavy atom. The molecule has 0 aliphatic heterocycles. The summed E-state index contributed by atoms with van der Waals surface area (Å²) in [7, 11) is 0. The highest BCUT2D eigenvalue weighted by atomic mass is 16.3. The molecule has 0 radical (unpaired) electrons. The topological polar surface area (TPSA) is 46.2 Å². The number of rotatable bonds is 3. The van der Waals surface area contributed by atoms with Crippen LogP contribution in [0.4, 0.5) is 0 Å². The summed E-state index contributed by atoms with van der Waals surface area (Å²) in [5.74, 6) is 0. The summed E-state index contributed by atoms with van der Waals surface area (Å²) in [5, 5.41) is 8.83. The second kappa shape index (κ2) is 3.87. The van der Waals surface area contributed by atoms with E-state index in [1.54, 1.807) is 6.92 Å². The number of nitrogens with two attached hydrogens (primary N) is 1. The quantitative estimate of drug-likeness (QED) is 0.565. The first kappa shape index (κ1) is 7.92. The minimum Gasteiger partial charge on any atom is -0.392 e. The molecule has 8 heavy (non-hydrogen) atoms. The summed E-state index contributed by atoms with van der Waals surface area (Å²) in [5.41, 5.74) is 5.48. The van der Waals surface area contributed by atoms with Crippen LogP contribution in [0.1, 0.15) is 26.7 Å². The van der Waals surface area contributed by atoms with Gasteiger partial charge in [0.2, 0.25) is 0 Å². The summed E-state index contributed by atoms with van der Waals surface area (Å²) < 4.78 is 0. The van der Waals surface area contributed by atoms with Crippen molar-refractivity contribution < 1.29 is 5.11 Å². The Labute approximate surface area is 50.7 Å². The Kier molecular flexibility index (Phi) is 3.83. The third-order valence-electron chi connectivity index (χ3n) is 1.24. The van der Waals surface area contributed by atoms with Crippen LogP contribution in [0.3, 0.4) is 0 Å². The molecule has 0 rings (SSSR count). The van der Waals surface area contributed by atoms with E-state index in [0.29, 0.717) is 0 Å². The van der Waals surface area contributed by atoms with Crippen LogP contribution in [-0.4, -0.2) is 17.3 Å². The summed E-state index contributed by atoms with van der Waals surface area (Å²) in [4.78, 5) is 0. The number of aliphatic hydroxyl groups is 1. The number of hydrogen-bond acceptors (Lipinski definition) is 2. The monoisotopic (exact) mass is 117 g/mol. The molecule has 0 aliphatic carbocycles. The fourth-order valence-corrected chi connectivity index (χ4v) is 0.575. The first-order chi connectivity index (χ1) is 3.68. The Bertz CT molecular complexity index is 54.5. The molecule has 0 bridgehead atoms. The van der Waals surface area contributed by atoms with Crippen LogP contribution in [0.25, 0.3) is 0 Å². The zero-order valence-electron chi connectivity index (χ0n) is 5.59. The lowest BCUT2D eigenvalue weighted by atomic mass is 10.1. The van der Waals surface area contributed by atoms with E-state index in [9.17, 15) is 0 Å². The Balaban J connectivity index is 3.17. The maximum absolute atomic E-state index is 8.83. The van der Waals surface area contributed by atoms with Gasteiger partial charge in [-0.15, -0.1) is 0 Å². The van der Waals surface area contributed by atoms with Crippen molar-refractivity contribution in [1.82, 2.24) is 0 Å². The van der Waals surface area contributed by atoms with Crippen LogP contribution < -0.4 is 5.73 Å². The molecular weight excluding hydrogens is 102 g/mol. The van der Waals surface area contributed by atoms with Crippen molar-refractivity contribution in [2.45, 2.75) is 38.8 Å². The van der Waals surface area contributed by atoms with Crippen molar-refractivity contribution in [2.24, 2.45) is 5.73 Å². The molecule has 0 aromatic heterocycles. The first-order valence-corrected chi connectivity index (χ1v) is 3.12. The van der Waals surface area contributed by atoms with Gasteiger partial charge in [0.1, 0.15) is 0 Å². The molecule has 0 spiro atoms. The average Bonchev–Trinajstić information content (AvgIpc) is 1.67. The molecule has 0 aromatic carbocycles. The minimum atomic E-state index is -0.352. The van der Waals surface area contributed by atoms with Crippen molar-refractivity contribution in [3.63, 3.8) is 0 Å². The standard InChI is InChI=1S/C6H15NO/c1-3-4-6(7)5(2)8/h5-6,8H,3-4,7H2,1-2H3/t5-,6+/m0/s1. The van der Waals surface area contributed by atoms with Crippen LogP contribution in [0.15, 0.2) is 0 Å². The predicted molar refractivity (Wildman–Crippen MR) is 34.6 cm³/mol. The van der Waals surface area contributed by atoms with Gasteiger partial charge in [0.15, 0.2) is 0 Å². The van der Waals surface area contributed by atoms with Gasteiger partial charge < -0.3 is 10.8 Å². The molecular formula is C6H15NO.